The maximum Gasteiger partial charge on any atom is 0.251 e. The van der Waals surface area contributed by atoms with Gasteiger partial charge in [-0.2, -0.15) is 0 Å². The van der Waals surface area contributed by atoms with Crippen molar-refractivity contribution in [3.8, 4) is 0 Å². The van der Waals surface area contributed by atoms with E-state index in [1.807, 2.05) is 4.90 Å². The second-order valence-corrected chi connectivity index (χ2v) is 3.50. The zero-order valence-electron chi connectivity index (χ0n) is 8.82. The molecule has 1 fully saturated rings. The fourth-order valence-corrected chi connectivity index (χ4v) is 1.60. The summed E-state index contributed by atoms with van der Waals surface area (Å²) in [5.41, 5.74) is 5.60. The van der Waals surface area contributed by atoms with Crippen molar-refractivity contribution in [1.29, 1.82) is 0 Å². The third-order valence-corrected chi connectivity index (χ3v) is 2.61. The highest BCUT2D eigenvalue weighted by Gasteiger charge is 2.28. The van der Waals surface area contributed by atoms with Crippen LogP contribution in [0.4, 0.5) is 0 Å². The second kappa shape index (κ2) is 5.29. The predicted octanol–water partition coefficient (Wildman–Crippen LogP) is -1.22. The highest BCUT2D eigenvalue weighted by molar-refractivity contribution is 5.81. The number of carbonyl (C=O) groups is 1. The molecule has 2 unspecified atom stereocenters. The van der Waals surface area contributed by atoms with Crippen LogP contribution in [0, 0.1) is 0 Å². The first-order valence-corrected chi connectivity index (χ1v) is 4.94. The molecule has 1 aliphatic rings. The van der Waals surface area contributed by atoms with Crippen LogP contribution in [0.2, 0.25) is 0 Å². The Hall–Kier alpha value is -0.650. The van der Waals surface area contributed by atoms with Crippen LogP contribution in [0.1, 0.15) is 6.92 Å². The molecule has 1 rings (SSSR count). The molecule has 14 heavy (non-hydrogen) atoms. The average molecular weight is 201 g/mol. The molecule has 0 bridgehead atoms. The van der Waals surface area contributed by atoms with Crippen molar-refractivity contribution < 1.29 is 9.53 Å². The van der Waals surface area contributed by atoms with E-state index < -0.39 is 0 Å². The average Bonchev–Trinajstić information content (AvgIpc) is 2.26. The first-order chi connectivity index (χ1) is 6.70. The van der Waals surface area contributed by atoms with Gasteiger partial charge >= 0.3 is 0 Å². The van der Waals surface area contributed by atoms with Gasteiger partial charge in [0.15, 0.2) is 0 Å². The number of hydrogen-bond donors (Lipinski definition) is 2. The van der Waals surface area contributed by atoms with Crippen molar-refractivity contribution in [2.45, 2.75) is 19.1 Å². The smallest absolute Gasteiger partial charge is 0.251 e. The molecular formula is C9H19N3O2. The Bertz CT molecular complexity index is 198. The van der Waals surface area contributed by atoms with Crippen LogP contribution in [0.3, 0.4) is 0 Å². The van der Waals surface area contributed by atoms with E-state index in [0.717, 1.165) is 13.1 Å². The van der Waals surface area contributed by atoms with Gasteiger partial charge in [0.25, 0.3) is 5.91 Å². The molecule has 82 valence electrons. The van der Waals surface area contributed by atoms with Crippen molar-refractivity contribution in [2.75, 3.05) is 33.3 Å². The molecule has 1 saturated heterocycles. The van der Waals surface area contributed by atoms with Gasteiger partial charge in [-0.05, 0) is 6.92 Å². The Morgan fingerprint density at radius 1 is 1.79 bits per heavy atom. The van der Waals surface area contributed by atoms with Crippen LogP contribution in [0.15, 0.2) is 0 Å². The summed E-state index contributed by atoms with van der Waals surface area (Å²) in [7, 11) is 1.54. The molecule has 0 aliphatic carbocycles. The monoisotopic (exact) mass is 201 g/mol. The normalized spacial score (nSPS) is 24.8. The maximum atomic E-state index is 11.8. The SMILES string of the molecule is COC(C)C(=O)N1CCNCC1CN. The van der Waals surface area contributed by atoms with Crippen LogP contribution in [0.5, 0.6) is 0 Å². The van der Waals surface area contributed by atoms with Crippen LogP contribution in [-0.2, 0) is 9.53 Å². The predicted molar refractivity (Wildman–Crippen MR) is 53.9 cm³/mol. The number of nitrogens with two attached hydrogens (primary N) is 1. The lowest BCUT2D eigenvalue weighted by molar-refractivity contribution is -0.144. The molecule has 5 heteroatoms. The summed E-state index contributed by atoms with van der Waals surface area (Å²) in [6.45, 7) is 4.58. The Kier molecular flexibility index (Phi) is 4.31. The van der Waals surface area contributed by atoms with Gasteiger partial charge in [-0.3, -0.25) is 4.79 Å². The van der Waals surface area contributed by atoms with Crippen LogP contribution in [-0.4, -0.2) is 56.2 Å². The molecule has 0 spiro atoms. The lowest BCUT2D eigenvalue weighted by Gasteiger charge is -2.36. The van der Waals surface area contributed by atoms with E-state index in [9.17, 15) is 4.79 Å². The summed E-state index contributed by atoms with van der Waals surface area (Å²) in [5, 5.41) is 3.21. The van der Waals surface area contributed by atoms with Gasteiger partial charge in [0.1, 0.15) is 6.10 Å². The van der Waals surface area contributed by atoms with Gasteiger partial charge in [-0.15, -0.1) is 0 Å². The molecule has 5 nitrogen and oxygen atoms in total. The summed E-state index contributed by atoms with van der Waals surface area (Å²) in [6, 6.07) is 0.105. The van der Waals surface area contributed by atoms with Gasteiger partial charge in [0.05, 0.1) is 6.04 Å². The molecule has 0 saturated carbocycles. The standard InChI is InChI=1S/C9H19N3O2/c1-7(14-2)9(13)12-4-3-11-6-8(12)5-10/h7-8,11H,3-6,10H2,1-2H3. The summed E-state index contributed by atoms with van der Waals surface area (Å²) in [4.78, 5) is 13.6. The van der Waals surface area contributed by atoms with E-state index in [-0.39, 0.29) is 18.1 Å². The molecule has 2 atom stereocenters. The van der Waals surface area contributed by atoms with Crippen LogP contribution < -0.4 is 11.1 Å². The van der Waals surface area contributed by atoms with Crippen molar-refractivity contribution in [2.24, 2.45) is 5.73 Å². The van der Waals surface area contributed by atoms with Gasteiger partial charge in [0.2, 0.25) is 0 Å². The maximum absolute atomic E-state index is 11.8. The molecule has 0 aromatic carbocycles. The van der Waals surface area contributed by atoms with Crippen molar-refractivity contribution in [1.82, 2.24) is 10.2 Å². The number of amides is 1. The number of carbonyl (C=O) groups excluding carboxylic acids is 1. The van der Waals surface area contributed by atoms with Crippen LogP contribution >= 0.6 is 0 Å². The second-order valence-electron chi connectivity index (χ2n) is 3.50. The number of piperazine rings is 1. The van der Waals surface area contributed by atoms with E-state index in [1.54, 1.807) is 14.0 Å². The molecule has 0 radical (unpaired) electrons. The third kappa shape index (κ3) is 2.43. The number of hydrogen-bond acceptors (Lipinski definition) is 4. The first-order valence-electron chi connectivity index (χ1n) is 4.94. The first kappa shape index (κ1) is 11.4. The van der Waals surface area contributed by atoms with E-state index in [0.29, 0.717) is 13.1 Å². The molecule has 0 aromatic heterocycles. The molecule has 1 amide bonds. The zero-order valence-corrected chi connectivity index (χ0v) is 8.82. The van der Waals surface area contributed by atoms with Crippen molar-refractivity contribution in [3.05, 3.63) is 0 Å². The molecule has 3 N–H and O–H groups in total. The highest BCUT2D eigenvalue weighted by Crippen LogP contribution is 2.06. The Balaban J connectivity index is 2.58. The third-order valence-electron chi connectivity index (χ3n) is 2.61. The summed E-state index contributed by atoms with van der Waals surface area (Å²) in [6.07, 6.45) is -0.373. The van der Waals surface area contributed by atoms with Crippen molar-refractivity contribution in [3.63, 3.8) is 0 Å². The Morgan fingerprint density at radius 2 is 2.50 bits per heavy atom. The number of nitrogens with zero attached hydrogens (tertiary/aromatic N) is 1. The summed E-state index contributed by atoms with van der Waals surface area (Å²) >= 11 is 0. The Labute approximate surface area is 84.6 Å². The van der Waals surface area contributed by atoms with E-state index in [4.69, 9.17) is 10.5 Å². The fraction of sp³-hybridized carbons (Fsp3) is 0.889. The van der Waals surface area contributed by atoms with Gasteiger partial charge in [-0.1, -0.05) is 0 Å². The topological polar surface area (TPSA) is 67.6 Å². The number of rotatable bonds is 3. The van der Waals surface area contributed by atoms with Gasteiger partial charge in [-0.25, -0.2) is 0 Å². The lowest BCUT2D eigenvalue weighted by Crippen LogP contribution is -2.58. The minimum atomic E-state index is -0.373. The molecule has 0 aromatic rings. The van der Waals surface area contributed by atoms with Gasteiger partial charge < -0.3 is 20.7 Å². The van der Waals surface area contributed by atoms with E-state index in [1.165, 1.54) is 0 Å². The fourth-order valence-electron chi connectivity index (χ4n) is 1.60. The summed E-state index contributed by atoms with van der Waals surface area (Å²) in [5.74, 6) is 0.0319. The zero-order chi connectivity index (χ0) is 10.6. The number of methoxy groups -OCH3 is 1. The molecule has 1 aliphatic heterocycles. The molecular weight excluding hydrogens is 182 g/mol. The van der Waals surface area contributed by atoms with Crippen molar-refractivity contribution >= 4 is 5.91 Å². The quantitative estimate of drug-likeness (QED) is 0.600. The minimum absolute atomic E-state index is 0.0319. The van der Waals surface area contributed by atoms with E-state index in [2.05, 4.69) is 5.32 Å². The van der Waals surface area contributed by atoms with E-state index >= 15 is 0 Å². The highest BCUT2D eigenvalue weighted by atomic mass is 16.5. The largest absolute Gasteiger partial charge is 0.372 e. The summed E-state index contributed by atoms with van der Waals surface area (Å²) < 4.78 is 5.01. The van der Waals surface area contributed by atoms with Gasteiger partial charge in [0, 0.05) is 33.3 Å². The number of ether oxygens (including phenoxy) is 1. The minimum Gasteiger partial charge on any atom is -0.372 e. The molecule has 1 heterocycles. The Morgan fingerprint density at radius 3 is 3.07 bits per heavy atom. The number of nitrogens with one attached hydrogen (secondary N) is 1. The van der Waals surface area contributed by atoms with Crippen LogP contribution in [0.25, 0.3) is 0 Å². The lowest BCUT2D eigenvalue weighted by atomic mass is 10.1.